The van der Waals surface area contributed by atoms with Gasteiger partial charge in [-0.3, -0.25) is 0 Å². The second-order valence-corrected chi connectivity index (χ2v) is 8.11. The van der Waals surface area contributed by atoms with Gasteiger partial charge in [-0.2, -0.15) is 0 Å². The summed E-state index contributed by atoms with van der Waals surface area (Å²) in [5.41, 5.74) is 4.35. The molecule has 0 spiro atoms. The van der Waals surface area contributed by atoms with Gasteiger partial charge in [0.05, 0.1) is 11.4 Å². The molecule has 1 N–H and O–H groups in total. The Morgan fingerprint density at radius 3 is 1.44 bits per heavy atom. The second-order valence-electron chi connectivity index (χ2n) is 5.70. The van der Waals surface area contributed by atoms with Crippen molar-refractivity contribution in [2.24, 2.45) is 0 Å². The maximum Gasteiger partial charge on any atom is 0.189 e. The molecule has 0 aliphatic carbocycles. The van der Waals surface area contributed by atoms with Crippen LogP contribution in [0, 0.1) is 13.8 Å². The van der Waals surface area contributed by atoms with Crippen LogP contribution in [0.25, 0.3) is 22.5 Å². The summed E-state index contributed by atoms with van der Waals surface area (Å²) >= 11 is 3.32. The van der Waals surface area contributed by atoms with Crippen LogP contribution in [-0.2, 0) is 0 Å². The van der Waals surface area contributed by atoms with Crippen molar-refractivity contribution in [2.75, 3.05) is 5.32 Å². The van der Waals surface area contributed by atoms with E-state index in [1.807, 2.05) is 36.4 Å². The molecule has 0 aliphatic rings. The molecule has 0 unspecified atom stereocenters. The van der Waals surface area contributed by atoms with E-state index in [1.54, 1.807) is 22.7 Å². The molecule has 0 bridgehead atoms. The Kier molecular flexibility index (Phi) is 4.34. The number of anilines is 2. The quantitative estimate of drug-likeness (QED) is 0.463. The summed E-state index contributed by atoms with van der Waals surface area (Å²) in [6.45, 7) is 4.21. The summed E-state index contributed by atoms with van der Waals surface area (Å²) in [5.74, 6) is 0. The Hall–Kier alpha value is -2.50. The average Bonchev–Trinajstić information content (AvgIpc) is 3.19. The number of aryl methyl sites for hydroxylation is 2. The highest BCUT2D eigenvalue weighted by Crippen LogP contribution is 2.35. The van der Waals surface area contributed by atoms with E-state index in [0.717, 1.165) is 32.8 Å². The summed E-state index contributed by atoms with van der Waals surface area (Å²) in [6.07, 6.45) is 0. The van der Waals surface area contributed by atoms with E-state index in [0.29, 0.717) is 0 Å². The molecule has 0 fully saturated rings. The molecule has 4 aromatic rings. The fourth-order valence-electron chi connectivity index (χ4n) is 2.72. The van der Waals surface area contributed by atoms with Crippen LogP contribution in [0.3, 0.4) is 0 Å². The van der Waals surface area contributed by atoms with Gasteiger partial charge in [0.15, 0.2) is 10.3 Å². The first-order chi connectivity index (χ1) is 12.2. The second kappa shape index (κ2) is 6.78. The van der Waals surface area contributed by atoms with Crippen LogP contribution >= 0.6 is 22.7 Å². The summed E-state index contributed by atoms with van der Waals surface area (Å²) in [4.78, 5) is 11.9. The van der Waals surface area contributed by atoms with Gasteiger partial charge in [-0.05, 0) is 13.8 Å². The van der Waals surface area contributed by atoms with E-state index in [2.05, 4.69) is 43.4 Å². The van der Waals surface area contributed by atoms with Gasteiger partial charge >= 0.3 is 0 Å². The molecule has 3 nitrogen and oxygen atoms in total. The zero-order chi connectivity index (χ0) is 17.2. The molecule has 4 rings (SSSR count). The first kappa shape index (κ1) is 16.0. The normalized spacial score (nSPS) is 10.8. The number of rotatable bonds is 4. The number of thiazole rings is 2. The highest BCUT2D eigenvalue weighted by atomic mass is 32.1. The fourth-order valence-corrected chi connectivity index (χ4v) is 4.45. The summed E-state index contributed by atoms with van der Waals surface area (Å²) in [5, 5.41) is 5.14. The van der Waals surface area contributed by atoms with Crippen molar-refractivity contribution in [2.45, 2.75) is 13.8 Å². The lowest BCUT2D eigenvalue weighted by Gasteiger charge is -1.98. The van der Waals surface area contributed by atoms with Crippen molar-refractivity contribution in [1.82, 2.24) is 9.97 Å². The Morgan fingerprint density at radius 2 is 1.04 bits per heavy atom. The van der Waals surface area contributed by atoms with Crippen LogP contribution < -0.4 is 5.32 Å². The van der Waals surface area contributed by atoms with E-state index in [4.69, 9.17) is 9.97 Å². The minimum absolute atomic E-state index is 0.879. The molecule has 25 heavy (non-hydrogen) atoms. The molecular weight excluding hydrogens is 346 g/mol. The molecule has 2 aromatic carbocycles. The minimum atomic E-state index is 0.879. The number of nitrogens with zero attached hydrogens (tertiary/aromatic N) is 2. The standard InChI is InChI=1S/C20H17N3S2/c1-13-17(15-9-5-3-6-10-15)21-19(24-13)23-20-22-18(14(2)25-20)16-11-7-4-8-12-16/h3-12H,1-2H3,(H,21,22,23). The number of benzene rings is 2. The predicted octanol–water partition coefficient (Wildman–Crippen LogP) is 6.29. The molecule has 0 radical (unpaired) electrons. The Labute approximate surface area is 155 Å². The van der Waals surface area contributed by atoms with Gasteiger partial charge < -0.3 is 5.32 Å². The largest absolute Gasteiger partial charge is 0.307 e. The van der Waals surface area contributed by atoms with Crippen LogP contribution in [-0.4, -0.2) is 9.97 Å². The Bertz CT molecular complexity index is 907. The zero-order valence-corrected chi connectivity index (χ0v) is 15.6. The lowest BCUT2D eigenvalue weighted by molar-refractivity contribution is 1.32. The maximum absolute atomic E-state index is 4.76. The first-order valence-electron chi connectivity index (χ1n) is 8.03. The van der Waals surface area contributed by atoms with Crippen LogP contribution in [0.4, 0.5) is 10.3 Å². The zero-order valence-electron chi connectivity index (χ0n) is 14.0. The van der Waals surface area contributed by atoms with Gasteiger partial charge in [-0.25, -0.2) is 9.97 Å². The monoisotopic (exact) mass is 363 g/mol. The van der Waals surface area contributed by atoms with Crippen LogP contribution in [0.1, 0.15) is 9.75 Å². The van der Waals surface area contributed by atoms with Gasteiger partial charge in [0, 0.05) is 20.9 Å². The van der Waals surface area contributed by atoms with E-state index < -0.39 is 0 Å². The van der Waals surface area contributed by atoms with Crippen LogP contribution in [0.15, 0.2) is 60.7 Å². The maximum atomic E-state index is 4.76. The predicted molar refractivity (Wildman–Crippen MR) is 108 cm³/mol. The topological polar surface area (TPSA) is 37.8 Å². The third-order valence-corrected chi connectivity index (χ3v) is 5.67. The van der Waals surface area contributed by atoms with E-state index in [-0.39, 0.29) is 0 Å². The van der Waals surface area contributed by atoms with Crippen molar-refractivity contribution in [1.29, 1.82) is 0 Å². The molecule has 0 atom stereocenters. The number of hydrogen-bond donors (Lipinski definition) is 1. The molecule has 2 aromatic heterocycles. The smallest absolute Gasteiger partial charge is 0.189 e. The van der Waals surface area contributed by atoms with Crippen molar-refractivity contribution in [3.05, 3.63) is 70.4 Å². The lowest BCUT2D eigenvalue weighted by Crippen LogP contribution is -1.89. The van der Waals surface area contributed by atoms with E-state index in [1.165, 1.54) is 9.75 Å². The first-order valence-corrected chi connectivity index (χ1v) is 9.67. The van der Waals surface area contributed by atoms with Crippen LogP contribution in [0.5, 0.6) is 0 Å². The van der Waals surface area contributed by atoms with E-state index in [9.17, 15) is 0 Å². The summed E-state index contributed by atoms with van der Waals surface area (Å²) in [6, 6.07) is 20.6. The van der Waals surface area contributed by atoms with Crippen LogP contribution in [0.2, 0.25) is 0 Å². The summed E-state index contributed by atoms with van der Waals surface area (Å²) in [7, 11) is 0. The van der Waals surface area contributed by atoms with Gasteiger partial charge in [0.1, 0.15) is 0 Å². The highest BCUT2D eigenvalue weighted by Gasteiger charge is 2.13. The Balaban J connectivity index is 1.62. The SMILES string of the molecule is Cc1sc(Nc2nc(-c3ccccc3)c(C)s2)nc1-c1ccccc1. The molecule has 0 aliphatic heterocycles. The highest BCUT2D eigenvalue weighted by molar-refractivity contribution is 7.18. The summed E-state index contributed by atoms with van der Waals surface area (Å²) < 4.78 is 0. The molecular formula is C20H17N3S2. The number of hydrogen-bond acceptors (Lipinski definition) is 5. The van der Waals surface area contributed by atoms with Crippen molar-refractivity contribution < 1.29 is 0 Å². The van der Waals surface area contributed by atoms with Gasteiger partial charge in [0.2, 0.25) is 0 Å². The minimum Gasteiger partial charge on any atom is -0.307 e. The number of aromatic nitrogens is 2. The van der Waals surface area contributed by atoms with Gasteiger partial charge in [-0.1, -0.05) is 60.7 Å². The van der Waals surface area contributed by atoms with E-state index >= 15 is 0 Å². The van der Waals surface area contributed by atoms with Gasteiger partial charge in [-0.15, -0.1) is 22.7 Å². The molecule has 5 heteroatoms. The third-order valence-electron chi connectivity index (χ3n) is 3.90. The molecule has 0 amide bonds. The van der Waals surface area contributed by atoms with Crippen molar-refractivity contribution >= 4 is 32.9 Å². The fraction of sp³-hybridized carbons (Fsp3) is 0.100. The Morgan fingerprint density at radius 1 is 0.640 bits per heavy atom. The van der Waals surface area contributed by atoms with Gasteiger partial charge in [0.25, 0.3) is 0 Å². The molecule has 124 valence electrons. The molecule has 0 saturated heterocycles. The average molecular weight is 364 g/mol. The lowest BCUT2D eigenvalue weighted by atomic mass is 10.1. The number of nitrogens with one attached hydrogen (secondary N) is 1. The third kappa shape index (κ3) is 3.34. The molecule has 0 saturated carbocycles. The van der Waals surface area contributed by atoms with Crippen molar-refractivity contribution in [3.63, 3.8) is 0 Å². The van der Waals surface area contributed by atoms with Crippen molar-refractivity contribution in [3.8, 4) is 22.5 Å². The molecule has 2 heterocycles.